The first-order valence-corrected chi connectivity index (χ1v) is 3.58. The molecule has 1 aliphatic heterocycles. The summed E-state index contributed by atoms with van der Waals surface area (Å²) in [7, 11) is 3.14. The second-order valence-electron chi connectivity index (χ2n) is 2.10. The monoisotopic (exact) mass is 165 g/mol. The molecule has 1 aliphatic rings. The van der Waals surface area contributed by atoms with E-state index in [1.807, 2.05) is 18.2 Å². The summed E-state index contributed by atoms with van der Waals surface area (Å²) in [5, 5.41) is 0. The molecule has 0 aromatic heterocycles. The van der Waals surface area contributed by atoms with Crippen LogP contribution < -0.4 is 0 Å². The minimum absolute atomic E-state index is 0.484. The minimum atomic E-state index is 0.484. The van der Waals surface area contributed by atoms with Crippen LogP contribution in [-0.2, 0) is 9.47 Å². The van der Waals surface area contributed by atoms with Gasteiger partial charge in [-0.3, -0.25) is 0 Å². The van der Waals surface area contributed by atoms with Crippen LogP contribution in [0.1, 0.15) is 0 Å². The lowest BCUT2D eigenvalue weighted by atomic mass is 10.3. The first kappa shape index (κ1) is 8.59. The van der Waals surface area contributed by atoms with Crippen LogP contribution >= 0.6 is 0 Å². The van der Waals surface area contributed by atoms with Crippen LogP contribution in [-0.4, -0.2) is 20.1 Å². The van der Waals surface area contributed by atoms with Crippen molar-refractivity contribution in [1.29, 1.82) is 0 Å². The van der Waals surface area contributed by atoms with E-state index in [1.165, 1.54) is 0 Å². The second-order valence-corrected chi connectivity index (χ2v) is 2.10. The fraction of sp³-hybridized carbons (Fsp3) is 0.222. The van der Waals surface area contributed by atoms with Gasteiger partial charge in [-0.1, -0.05) is 12.2 Å². The third kappa shape index (κ3) is 1.99. The van der Waals surface area contributed by atoms with E-state index in [0.29, 0.717) is 11.7 Å². The highest BCUT2D eigenvalue weighted by Crippen LogP contribution is 2.03. The Morgan fingerprint density at radius 3 is 2.58 bits per heavy atom. The molecule has 0 aromatic rings. The summed E-state index contributed by atoms with van der Waals surface area (Å²) in [5.74, 6) is 1.11. The van der Waals surface area contributed by atoms with E-state index in [4.69, 9.17) is 9.47 Å². The molecular formula is C9H11NO2. The van der Waals surface area contributed by atoms with E-state index in [9.17, 15) is 0 Å². The molecule has 0 amide bonds. The van der Waals surface area contributed by atoms with Crippen molar-refractivity contribution >= 4 is 5.90 Å². The molecular weight excluding hydrogens is 154 g/mol. The molecule has 0 bridgehead atoms. The second kappa shape index (κ2) is 4.38. The summed E-state index contributed by atoms with van der Waals surface area (Å²) < 4.78 is 10.1. The van der Waals surface area contributed by atoms with Crippen molar-refractivity contribution in [2.45, 2.75) is 0 Å². The van der Waals surface area contributed by atoms with Crippen LogP contribution in [0.2, 0.25) is 0 Å². The van der Waals surface area contributed by atoms with Crippen molar-refractivity contribution < 1.29 is 9.47 Å². The Kier molecular flexibility index (Phi) is 3.14. The summed E-state index contributed by atoms with van der Waals surface area (Å²) in [6.07, 6.45) is 9.01. The van der Waals surface area contributed by atoms with E-state index in [1.54, 1.807) is 26.5 Å². The van der Waals surface area contributed by atoms with Gasteiger partial charge >= 0.3 is 0 Å². The van der Waals surface area contributed by atoms with E-state index in [2.05, 4.69) is 4.99 Å². The van der Waals surface area contributed by atoms with Crippen LogP contribution in [0.15, 0.2) is 41.3 Å². The Morgan fingerprint density at radius 1 is 1.08 bits per heavy atom. The largest absolute Gasteiger partial charge is 0.491 e. The molecule has 3 heteroatoms. The lowest BCUT2D eigenvalue weighted by Crippen LogP contribution is -2.06. The Morgan fingerprint density at radius 2 is 1.92 bits per heavy atom. The summed E-state index contributed by atoms with van der Waals surface area (Å²) in [5.41, 5.74) is 0. The molecule has 1 heterocycles. The average molecular weight is 165 g/mol. The normalized spacial score (nSPS) is 29.8. The van der Waals surface area contributed by atoms with Crippen molar-refractivity contribution in [1.82, 2.24) is 0 Å². The molecule has 12 heavy (non-hydrogen) atoms. The molecule has 0 spiro atoms. The number of ether oxygens (including phenoxy) is 2. The van der Waals surface area contributed by atoms with Crippen LogP contribution in [0.5, 0.6) is 0 Å². The van der Waals surface area contributed by atoms with Gasteiger partial charge in [-0.25, -0.2) is 4.99 Å². The standard InChI is InChI=1S/C9H11NO2/c1-11-8-6-4-3-5-7-10-9(8)12-2/h3-7H,1-2H3/b4-3-,5-3?,6-4?,7-5-,8-6+,9-8?,10-7?,10-9+. The van der Waals surface area contributed by atoms with Crippen molar-refractivity contribution in [3.63, 3.8) is 0 Å². The average Bonchev–Trinajstić information content (AvgIpc) is 2.05. The Hall–Kier alpha value is -1.51. The zero-order valence-electron chi connectivity index (χ0n) is 7.15. The highest BCUT2D eigenvalue weighted by molar-refractivity contribution is 5.92. The zero-order chi connectivity index (χ0) is 8.81. The number of rotatable bonds is 1. The summed E-state index contributed by atoms with van der Waals surface area (Å²) in [4.78, 5) is 4.02. The third-order valence-corrected chi connectivity index (χ3v) is 1.37. The van der Waals surface area contributed by atoms with E-state index < -0.39 is 0 Å². The van der Waals surface area contributed by atoms with Gasteiger partial charge in [-0.15, -0.1) is 0 Å². The Labute approximate surface area is 71.7 Å². The van der Waals surface area contributed by atoms with Crippen molar-refractivity contribution in [2.24, 2.45) is 4.99 Å². The molecule has 0 saturated heterocycles. The third-order valence-electron chi connectivity index (χ3n) is 1.37. The maximum atomic E-state index is 5.05. The van der Waals surface area contributed by atoms with Gasteiger partial charge in [0.25, 0.3) is 5.90 Å². The molecule has 0 unspecified atom stereocenters. The summed E-state index contributed by atoms with van der Waals surface area (Å²) in [6.45, 7) is 0. The van der Waals surface area contributed by atoms with Gasteiger partial charge in [0, 0.05) is 6.20 Å². The number of allylic oxidation sites excluding steroid dienone is 4. The molecule has 0 radical (unpaired) electrons. The molecule has 0 saturated carbocycles. The SMILES string of the molecule is COC1=C/C=C\C=C/N=C\1OC. The van der Waals surface area contributed by atoms with Gasteiger partial charge in [0.1, 0.15) is 0 Å². The van der Waals surface area contributed by atoms with E-state index >= 15 is 0 Å². The fourth-order valence-electron chi connectivity index (χ4n) is 0.811. The Bertz CT molecular complexity index is 234. The number of nitrogens with zero attached hydrogens (tertiary/aromatic N) is 1. The maximum absolute atomic E-state index is 5.05. The Balaban J connectivity index is 2.91. The van der Waals surface area contributed by atoms with Gasteiger partial charge < -0.3 is 9.47 Å². The summed E-state index contributed by atoms with van der Waals surface area (Å²) in [6, 6.07) is 0. The lowest BCUT2D eigenvalue weighted by molar-refractivity contribution is 0.285. The molecule has 1 rings (SSSR count). The predicted octanol–water partition coefficient (Wildman–Crippen LogP) is 1.65. The smallest absolute Gasteiger partial charge is 0.256 e. The highest BCUT2D eigenvalue weighted by atomic mass is 16.5. The maximum Gasteiger partial charge on any atom is 0.256 e. The zero-order valence-corrected chi connectivity index (χ0v) is 7.15. The molecule has 64 valence electrons. The molecule has 0 atom stereocenters. The first-order valence-electron chi connectivity index (χ1n) is 3.58. The molecule has 0 fully saturated rings. The number of methoxy groups -OCH3 is 2. The van der Waals surface area contributed by atoms with Crippen LogP contribution in [0.25, 0.3) is 0 Å². The fourth-order valence-corrected chi connectivity index (χ4v) is 0.811. The summed E-state index contributed by atoms with van der Waals surface area (Å²) >= 11 is 0. The molecule has 0 aliphatic carbocycles. The highest BCUT2D eigenvalue weighted by Gasteiger charge is 2.05. The van der Waals surface area contributed by atoms with Gasteiger partial charge in [0.2, 0.25) is 0 Å². The number of aliphatic imine (C=N–C) groups is 1. The first-order chi connectivity index (χ1) is 5.88. The van der Waals surface area contributed by atoms with Crippen molar-refractivity contribution in [2.75, 3.05) is 14.2 Å². The van der Waals surface area contributed by atoms with Gasteiger partial charge in [0.15, 0.2) is 5.76 Å². The van der Waals surface area contributed by atoms with Crippen LogP contribution in [0.3, 0.4) is 0 Å². The van der Waals surface area contributed by atoms with E-state index in [-0.39, 0.29) is 0 Å². The van der Waals surface area contributed by atoms with Crippen molar-refractivity contribution in [3.8, 4) is 0 Å². The number of hydrogen-bond acceptors (Lipinski definition) is 3. The van der Waals surface area contributed by atoms with Crippen LogP contribution in [0.4, 0.5) is 0 Å². The molecule has 3 nitrogen and oxygen atoms in total. The topological polar surface area (TPSA) is 30.8 Å². The quantitative estimate of drug-likeness (QED) is 0.591. The lowest BCUT2D eigenvalue weighted by Gasteiger charge is -2.06. The van der Waals surface area contributed by atoms with Gasteiger partial charge in [0.05, 0.1) is 14.2 Å². The number of hydrogen-bond donors (Lipinski definition) is 0. The van der Waals surface area contributed by atoms with E-state index in [0.717, 1.165) is 0 Å². The predicted molar refractivity (Wildman–Crippen MR) is 47.8 cm³/mol. The molecule has 0 N–H and O–H groups in total. The van der Waals surface area contributed by atoms with Crippen LogP contribution in [0, 0.1) is 0 Å². The van der Waals surface area contributed by atoms with Crippen molar-refractivity contribution in [3.05, 3.63) is 36.3 Å². The van der Waals surface area contributed by atoms with Gasteiger partial charge in [-0.2, -0.15) is 0 Å². The molecule has 0 aromatic carbocycles. The minimum Gasteiger partial charge on any atom is -0.491 e. The van der Waals surface area contributed by atoms with Gasteiger partial charge in [-0.05, 0) is 12.2 Å².